The Kier molecular flexibility index (Phi) is 2.04. The predicted octanol–water partition coefficient (Wildman–Crippen LogP) is 4.49. The lowest BCUT2D eigenvalue weighted by atomic mass is 9.97. The largest absolute Gasteiger partial charge is 0.0795 e. The third-order valence-electron chi connectivity index (χ3n) is 3.90. The van der Waals surface area contributed by atoms with Crippen LogP contribution in [0.2, 0.25) is 0 Å². The highest BCUT2D eigenvalue weighted by Gasteiger charge is 2.09. The van der Waals surface area contributed by atoms with E-state index in [9.17, 15) is 0 Å². The van der Waals surface area contributed by atoms with E-state index in [1.807, 2.05) is 0 Å². The standard InChI is InChI=1S/C18H14/c1-3-13-7-9-17(11-15(13)5-1)18-10-8-14-4-2-6-16(14)12-18/h1-2,5-12H,3-4H2. The van der Waals surface area contributed by atoms with Gasteiger partial charge in [0.2, 0.25) is 0 Å². The van der Waals surface area contributed by atoms with Gasteiger partial charge < -0.3 is 0 Å². The Morgan fingerprint density at radius 1 is 0.611 bits per heavy atom. The minimum Gasteiger partial charge on any atom is -0.0795 e. The highest BCUT2D eigenvalue weighted by Crippen LogP contribution is 2.30. The summed E-state index contributed by atoms with van der Waals surface area (Å²) in [6.45, 7) is 0. The van der Waals surface area contributed by atoms with Crippen LogP contribution in [-0.2, 0) is 12.8 Å². The topological polar surface area (TPSA) is 0 Å². The first-order valence-electron chi connectivity index (χ1n) is 6.49. The summed E-state index contributed by atoms with van der Waals surface area (Å²) in [4.78, 5) is 0. The van der Waals surface area contributed by atoms with E-state index >= 15 is 0 Å². The molecule has 2 aliphatic carbocycles. The Balaban J connectivity index is 1.83. The zero-order valence-corrected chi connectivity index (χ0v) is 10.2. The van der Waals surface area contributed by atoms with Crippen molar-refractivity contribution in [3.63, 3.8) is 0 Å². The molecular weight excluding hydrogens is 216 g/mol. The average molecular weight is 230 g/mol. The molecule has 2 aromatic carbocycles. The van der Waals surface area contributed by atoms with Crippen LogP contribution < -0.4 is 0 Å². The van der Waals surface area contributed by atoms with Crippen LogP contribution in [0, 0.1) is 0 Å². The molecule has 0 heterocycles. The van der Waals surface area contributed by atoms with Crippen molar-refractivity contribution in [2.45, 2.75) is 12.8 Å². The summed E-state index contributed by atoms with van der Waals surface area (Å²) >= 11 is 0. The van der Waals surface area contributed by atoms with Crippen molar-refractivity contribution in [3.05, 3.63) is 70.8 Å². The Morgan fingerprint density at radius 3 is 1.61 bits per heavy atom. The Hall–Kier alpha value is -2.08. The normalized spacial score (nSPS) is 14.9. The first-order valence-corrected chi connectivity index (χ1v) is 6.49. The summed E-state index contributed by atoms with van der Waals surface area (Å²) in [5.41, 5.74) is 8.29. The number of fused-ring (bicyclic) bond motifs is 2. The second-order valence-electron chi connectivity index (χ2n) is 5.04. The van der Waals surface area contributed by atoms with Crippen LogP contribution in [-0.4, -0.2) is 0 Å². The van der Waals surface area contributed by atoms with Crippen LogP contribution in [0.1, 0.15) is 22.3 Å². The quantitative estimate of drug-likeness (QED) is 0.677. The highest BCUT2D eigenvalue weighted by molar-refractivity contribution is 5.74. The summed E-state index contributed by atoms with van der Waals surface area (Å²) in [7, 11) is 0. The summed E-state index contributed by atoms with van der Waals surface area (Å²) in [6.07, 6.45) is 11.1. The van der Waals surface area contributed by atoms with E-state index in [1.54, 1.807) is 0 Å². The lowest BCUT2D eigenvalue weighted by Gasteiger charge is -2.07. The second-order valence-corrected chi connectivity index (χ2v) is 5.04. The zero-order valence-electron chi connectivity index (χ0n) is 10.2. The number of hydrogen-bond acceptors (Lipinski definition) is 0. The minimum atomic E-state index is 1.09. The predicted molar refractivity (Wildman–Crippen MR) is 77.4 cm³/mol. The molecule has 0 saturated carbocycles. The van der Waals surface area contributed by atoms with E-state index in [0.717, 1.165) is 12.8 Å². The molecule has 0 bridgehead atoms. The fraction of sp³-hybridized carbons (Fsp3) is 0.111. The lowest BCUT2D eigenvalue weighted by molar-refractivity contribution is 1.30. The van der Waals surface area contributed by atoms with Crippen LogP contribution in [0.4, 0.5) is 0 Å². The molecule has 0 saturated heterocycles. The molecule has 0 unspecified atom stereocenters. The van der Waals surface area contributed by atoms with Crippen molar-refractivity contribution >= 4 is 12.2 Å². The molecule has 0 heteroatoms. The van der Waals surface area contributed by atoms with Gasteiger partial charge in [-0.3, -0.25) is 0 Å². The van der Waals surface area contributed by atoms with Crippen molar-refractivity contribution in [2.24, 2.45) is 0 Å². The van der Waals surface area contributed by atoms with Gasteiger partial charge in [0, 0.05) is 0 Å². The molecule has 0 atom stereocenters. The van der Waals surface area contributed by atoms with Gasteiger partial charge in [0.1, 0.15) is 0 Å². The Bertz CT molecular complexity index is 626. The molecule has 0 amide bonds. The van der Waals surface area contributed by atoms with Crippen LogP contribution in [0.15, 0.2) is 48.6 Å². The first kappa shape index (κ1) is 9.90. The molecule has 18 heavy (non-hydrogen) atoms. The van der Waals surface area contributed by atoms with Crippen molar-refractivity contribution in [3.8, 4) is 11.1 Å². The van der Waals surface area contributed by atoms with Gasteiger partial charge in [0.15, 0.2) is 0 Å². The third-order valence-corrected chi connectivity index (χ3v) is 3.90. The zero-order chi connectivity index (χ0) is 11.9. The number of benzene rings is 2. The number of rotatable bonds is 1. The minimum absolute atomic E-state index is 1.09. The SMILES string of the molecule is C1=Cc2cc(-c3ccc4c(c3)C=CC4)ccc2C1. The molecular formula is C18H14. The van der Waals surface area contributed by atoms with Gasteiger partial charge in [-0.1, -0.05) is 48.6 Å². The van der Waals surface area contributed by atoms with E-state index in [0.29, 0.717) is 0 Å². The van der Waals surface area contributed by atoms with Crippen molar-refractivity contribution in [1.82, 2.24) is 0 Å². The Morgan fingerprint density at radius 2 is 1.11 bits per heavy atom. The molecule has 0 aliphatic heterocycles. The number of allylic oxidation sites excluding steroid dienone is 2. The van der Waals surface area contributed by atoms with E-state index < -0.39 is 0 Å². The van der Waals surface area contributed by atoms with Gasteiger partial charge in [-0.2, -0.15) is 0 Å². The maximum absolute atomic E-state index is 2.30. The summed E-state index contributed by atoms with van der Waals surface area (Å²) in [5.74, 6) is 0. The molecule has 0 spiro atoms. The van der Waals surface area contributed by atoms with Gasteiger partial charge in [-0.25, -0.2) is 0 Å². The van der Waals surface area contributed by atoms with Gasteiger partial charge in [-0.05, 0) is 58.4 Å². The monoisotopic (exact) mass is 230 g/mol. The lowest BCUT2D eigenvalue weighted by Crippen LogP contribution is -1.86. The number of hydrogen-bond donors (Lipinski definition) is 0. The van der Waals surface area contributed by atoms with Crippen molar-refractivity contribution < 1.29 is 0 Å². The van der Waals surface area contributed by atoms with Gasteiger partial charge >= 0.3 is 0 Å². The smallest absolute Gasteiger partial charge is 0.00882 e. The van der Waals surface area contributed by atoms with Gasteiger partial charge in [-0.15, -0.1) is 0 Å². The molecule has 4 rings (SSSR count). The molecule has 2 aromatic rings. The van der Waals surface area contributed by atoms with Gasteiger partial charge in [0.25, 0.3) is 0 Å². The molecule has 2 aliphatic rings. The maximum Gasteiger partial charge on any atom is -0.00882 e. The van der Waals surface area contributed by atoms with E-state index in [2.05, 4.69) is 60.7 Å². The van der Waals surface area contributed by atoms with E-state index in [-0.39, 0.29) is 0 Å². The summed E-state index contributed by atoms with van der Waals surface area (Å²) in [6, 6.07) is 13.6. The molecule has 0 fully saturated rings. The second kappa shape index (κ2) is 3.71. The van der Waals surface area contributed by atoms with E-state index in [4.69, 9.17) is 0 Å². The molecule has 0 aromatic heterocycles. The highest BCUT2D eigenvalue weighted by atomic mass is 14.1. The van der Waals surface area contributed by atoms with Crippen LogP contribution >= 0.6 is 0 Å². The van der Waals surface area contributed by atoms with Gasteiger partial charge in [0.05, 0.1) is 0 Å². The molecule has 0 N–H and O–H groups in total. The maximum atomic E-state index is 2.30. The van der Waals surface area contributed by atoms with E-state index in [1.165, 1.54) is 33.4 Å². The fourth-order valence-corrected chi connectivity index (χ4v) is 2.86. The van der Waals surface area contributed by atoms with Crippen LogP contribution in [0.3, 0.4) is 0 Å². The Labute approximate surface area is 107 Å². The average Bonchev–Trinajstić information content (AvgIpc) is 3.05. The molecule has 0 nitrogen and oxygen atoms in total. The fourth-order valence-electron chi connectivity index (χ4n) is 2.86. The van der Waals surface area contributed by atoms with Crippen LogP contribution in [0.25, 0.3) is 23.3 Å². The summed E-state index contributed by atoms with van der Waals surface area (Å²) < 4.78 is 0. The summed E-state index contributed by atoms with van der Waals surface area (Å²) in [5, 5.41) is 0. The van der Waals surface area contributed by atoms with Crippen molar-refractivity contribution in [1.29, 1.82) is 0 Å². The first-order chi connectivity index (χ1) is 8.90. The molecule has 0 radical (unpaired) electrons. The third kappa shape index (κ3) is 1.46. The van der Waals surface area contributed by atoms with Crippen molar-refractivity contribution in [2.75, 3.05) is 0 Å². The molecule has 86 valence electrons. The van der Waals surface area contributed by atoms with Crippen LogP contribution in [0.5, 0.6) is 0 Å².